The van der Waals surface area contributed by atoms with Crippen LogP contribution in [0.3, 0.4) is 0 Å². The van der Waals surface area contributed by atoms with Gasteiger partial charge in [0, 0.05) is 0 Å². The van der Waals surface area contributed by atoms with Crippen LogP contribution in [-0.2, 0) is 18.9 Å². The molecule has 4 saturated carbocycles. The number of hydrogen-bond acceptors (Lipinski definition) is 14. The lowest BCUT2D eigenvalue weighted by Gasteiger charge is -2.72. The first-order chi connectivity index (χ1) is 26.0. The van der Waals surface area contributed by atoms with Gasteiger partial charge in [-0.1, -0.05) is 46.3 Å². The van der Waals surface area contributed by atoms with Crippen molar-refractivity contribution in [2.45, 2.75) is 192 Å². The maximum Gasteiger partial charge on any atom is 0.187 e. The van der Waals surface area contributed by atoms with Gasteiger partial charge in [0.15, 0.2) is 12.6 Å². The summed E-state index contributed by atoms with van der Waals surface area (Å²) in [5.74, 6) is -0.781. The summed E-state index contributed by atoms with van der Waals surface area (Å²) >= 11 is 0. The monoisotopic (exact) mass is 800 g/mol. The van der Waals surface area contributed by atoms with Gasteiger partial charge in [-0.15, -0.1) is 0 Å². The molecule has 14 heteroatoms. The standard InChI is InChI=1S/C42H72O14/c1-20(2)10-9-13-42(8,56-37-34(52)32(50)30(48)25(19-44)55-37)21-11-15-40(6)28(21)22(45)16-26-39(5)14-12-27(46)38(3,4)35(39)23(17-41(26,40)7)53-36-33(51)31(49)29(47)24(18-43)54-36/h10,21-37,43-52H,9,11-19H2,1-8H3/t21-,22+,23-,24+,25-,26+,27-,28-,29+,30-,31-,32+,33+,34-,35+,36+,37+,39+,40+,41+,42-/m0/s1. The number of rotatable bonds is 10. The molecule has 56 heavy (non-hydrogen) atoms. The highest BCUT2D eigenvalue weighted by atomic mass is 16.7. The largest absolute Gasteiger partial charge is 0.394 e. The Morgan fingerprint density at radius 1 is 0.750 bits per heavy atom. The number of hydrogen-bond donors (Lipinski definition) is 10. The molecule has 6 fully saturated rings. The van der Waals surface area contributed by atoms with Crippen molar-refractivity contribution in [2.75, 3.05) is 13.2 Å². The van der Waals surface area contributed by atoms with Gasteiger partial charge in [-0.2, -0.15) is 0 Å². The second kappa shape index (κ2) is 15.9. The quantitative estimate of drug-likeness (QED) is 0.110. The number of aliphatic hydroxyl groups excluding tert-OH is 10. The molecule has 0 aromatic carbocycles. The summed E-state index contributed by atoms with van der Waals surface area (Å²) in [5.41, 5.74) is -1.92. The Balaban J connectivity index is 1.39. The van der Waals surface area contributed by atoms with Crippen LogP contribution in [0.2, 0.25) is 0 Å². The maximum atomic E-state index is 12.6. The molecule has 21 atom stereocenters. The highest BCUT2D eigenvalue weighted by molar-refractivity contribution is 5.22. The summed E-state index contributed by atoms with van der Waals surface area (Å²) < 4.78 is 25.4. The molecule has 10 N–H and O–H groups in total. The molecule has 0 radical (unpaired) electrons. The van der Waals surface area contributed by atoms with Crippen LogP contribution in [0.1, 0.15) is 107 Å². The van der Waals surface area contributed by atoms with Crippen molar-refractivity contribution in [3.05, 3.63) is 11.6 Å². The van der Waals surface area contributed by atoms with E-state index in [1.54, 1.807) is 0 Å². The SMILES string of the molecule is CC(C)=CCC[C@](C)(O[C@H]1O[C@@H](CO)[C@H](O)[C@@H](O)[C@@H]1O)[C@H]1CC[C@]2(C)[C@@H]1[C@H](O)C[C@@H]1[C@@]3(C)CC[C@H](O)C(C)(C)[C@H]3[C@@H](O[C@@H]3O[C@H](CO)[C@@H](O)[C@H](O)[C@H]3O)C[C@]12C. The zero-order valence-corrected chi connectivity index (χ0v) is 34.6. The molecule has 0 bridgehead atoms. The van der Waals surface area contributed by atoms with Gasteiger partial charge in [-0.3, -0.25) is 0 Å². The highest BCUT2D eigenvalue weighted by Gasteiger charge is 2.74. The van der Waals surface area contributed by atoms with E-state index < -0.39 is 120 Å². The van der Waals surface area contributed by atoms with Crippen LogP contribution in [0.15, 0.2) is 11.6 Å². The molecule has 2 heterocycles. The van der Waals surface area contributed by atoms with Crippen LogP contribution in [0.4, 0.5) is 0 Å². The first-order valence-corrected chi connectivity index (χ1v) is 21.0. The molecule has 0 amide bonds. The molecule has 4 aliphatic carbocycles. The lowest BCUT2D eigenvalue weighted by Crippen LogP contribution is -2.71. The van der Waals surface area contributed by atoms with Crippen LogP contribution in [0, 0.1) is 45.3 Å². The van der Waals surface area contributed by atoms with Crippen LogP contribution < -0.4 is 0 Å². The highest BCUT2D eigenvalue weighted by Crippen LogP contribution is 2.76. The van der Waals surface area contributed by atoms with E-state index in [1.165, 1.54) is 0 Å². The molecule has 0 unspecified atom stereocenters. The lowest BCUT2D eigenvalue weighted by molar-refractivity contribution is -0.349. The van der Waals surface area contributed by atoms with Gasteiger partial charge in [0.05, 0.1) is 37.1 Å². The fourth-order valence-electron chi connectivity index (χ4n) is 13.5. The van der Waals surface area contributed by atoms with Crippen molar-refractivity contribution in [1.82, 2.24) is 0 Å². The summed E-state index contributed by atoms with van der Waals surface area (Å²) in [5, 5.41) is 109. The average Bonchev–Trinajstić information content (AvgIpc) is 3.52. The van der Waals surface area contributed by atoms with Gasteiger partial charge in [0.2, 0.25) is 0 Å². The fraction of sp³-hybridized carbons (Fsp3) is 0.952. The van der Waals surface area contributed by atoms with E-state index in [2.05, 4.69) is 26.8 Å². The van der Waals surface area contributed by atoms with Gasteiger partial charge in [0.25, 0.3) is 0 Å². The Kier molecular flexibility index (Phi) is 12.7. The first kappa shape index (κ1) is 44.7. The molecule has 6 aliphatic rings. The predicted molar refractivity (Wildman–Crippen MR) is 202 cm³/mol. The van der Waals surface area contributed by atoms with Crippen molar-refractivity contribution in [3.8, 4) is 0 Å². The number of fused-ring (bicyclic) bond motifs is 5. The minimum atomic E-state index is -1.61. The van der Waals surface area contributed by atoms with E-state index in [0.29, 0.717) is 44.9 Å². The second-order valence-electron chi connectivity index (χ2n) is 20.2. The van der Waals surface area contributed by atoms with E-state index >= 15 is 0 Å². The zero-order chi connectivity index (χ0) is 41.5. The molecular formula is C42H72O14. The second-order valence-corrected chi connectivity index (χ2v) is 20.2. The summed E-state index contributed by atoms with van der Waals surface area (Å²) in [6, 6.07) is 0. The van der Waals surface area contributed by atoms with Gasteiger partial charge >= 0.3 is 0 Å². The molecule has 0 spiro atoms. The summed E-state index contributed by atoms with van der Waals surface area (Å²) in [7, 11) is 0. The van der Waals surface area contributed by atoms with E-state index in [0.717, 1.165) is 12.0 Å². The Morgan fingerprint density at radius 3 is 1.89 bits per heavy atom. The normalized spacial score (nSPS) is 52.6. The van der Waals surface area contributed by atoms with E-state index in [9.17, 15) is 51.1 Å². The van der Waals surface area contributed by atoms with Gasteiger partial charge in [-0.05, 0) is 117 Å². The number of aliphatic hydroxyl groups is 10. The topological polar surface area (TPSA) is 239 Å². The minimum Gasteiger partial charge on any atom is -0.394 e. The minimum absolute atomic E-state index is 0.000258. The van der Waals surface area contributed by atoms with Crippen molar-refractivity contribution in [1.29, 1.82) is 0 Å². The van der Waals surface area contributed by atoms with Crippen molar-refractivity contribution in [2.24, 2.45) is 45.3 Å². The van der Waals surface area contributed by atoms with Gasteiger partial charge in [-0.25, -0.2) is 0 Å². The third kappa shape index (κ3) is 7.06. The van der Waals surface area contributed by atoms with Gasteiger partial charge < -0.3 is 70.0 Å². The van der Waals surface area contributed by atoms with Crippen molar-refractivity contribution >= 4 is 0 Å². The van der Waals surface area contributed by atoms with E-state index in [4.69, 9.17) is 18.9 Å². The molecule has 14 nitrogen and oxygen atoms in total. The summed E-state index contributed by atoms with van der Waals surface area (Å²) in [4.78, 5) is 0. The Morgan fingerprint density at radius 2 is 1.32 bits per heavy atom. The maximum absolute atomic E-state index is 12.6. The van der Waals surface area contributed by atoms with Crippen LogP contribution in [0.25, 0.3) is 0 Å². The van der Waals surface area contributed by atoms with Gasteiger partial charge in [0.1, 0.15) is 48.8 Å². The van der Waals surface area contributed by atoms with Crippen LogP contribution in [-0.4, -0.2) is 150 Å². The first-order valence-electron chi connectivity index (χ1n) is 21.0. The summed E-state index contributed by atoms with van der Waals surface area (Å²) in [6.45, 7) is 15.7. The van der Waals surface area contributed by atoms with E-state index in [1.807, 2.05) is 34.6 Å². The lowest BCUT2D eigenvalue weighted by atomic mass is 9.34. The molecule has 6 rings (SSSR count). The predicted octanol–water partition coefficient (Wildman–Crippen LogP) is 1.12. The van der Waals surface area contributed by atoms with Crippen molar-refractivity contribution in [3.63, 3.8) is 0 Å². The van der Waals surface area contributed by atoms with Crippen LogP contribution >= 0.6 is 0 Å². The Hall–Kier alpha value is -0.820. The third-order valence-corrected chi connectivity index (χ3v) is 16.6. The van der Waals surface area contributed by atoms with Crippen molar-refractivity contribution < 1.29 is 70.0 Å². The molecular weight excluding hydrogens is 728 g/mol. The zero-order valence-electron chi connectivity index (χ0n) is 34.6. The average molecular weight is 801 g/mol. The smallest absolute Gasteiger partial charge is 0.187 e. The molecule has 2 aliphatic heterocycles. The Bertz CT molecular complexity index is 1400. The molecule has 324 valence electrons. The summed E-state index contributed by atoms with van der Waals surface area (Å²) in [6.07, 6.45) is -9.52. The van der Waals surface area contributed by atoms with Crippen LogP contribution in [0.5, 0.6) is 0 Å². The number of ether oxygens (including phenoxy) is 4. The number of allylic oxidation sites excluding steroid dienone is 2. The molecule has 2 saturated heterocycles. The van der Waals surface area contributed by atoms with E-state index in [-0.39, 0.29) is 23.7 Å². The molecule has 0 aromatic heterocycles. The Labute approximate surface area is 331 Å². The fourth-order valence-corrected chi connectivity index (χ4v) is 13.5. The molecule has 0 aromatic rings. The third-order valence-electron chi connectivity index (χ3n) is 16.6.